The third-order valence-corrected chi connectivity index (χ3v) is 3.77. The van der Waals surface area contributed by atoms with E-state index < -0.39 is 11.9 Å². The molecule has 0 unspecified atom stereocenters. The van der Waals surface area contributed by atoms with Crippen LogP contribution in [0.25, 0.3) is 0 Å². The summed E-state index contributed by atoms with van der Waals surface area (Å²) in [6, 6.07) is 26.9. The number of aliphatic hydroxyl groups excluding tert-OH is 1. The number of hydrogen-bond donors (Lipinski definition) is 3. The summed E-state index contributed by atoms with van der Waals surface area (Å²) in [7, 11) is 1.00. The van der Waals surface area contributed by atoms with Crippen LogP contribution in [0, 0.1) is 0 Å². The molecule has 0 spiro atoms. The van der Waals surface area contributed by atoms with E-state index in [1.807, 2.05) is 12.1 Å². The molecule has 0 saturated heterocycles. The molecule has 198 valence electrons. The first kappa shape index (κ1) is 36.4. The van der Waals surface area contributed by atoms with Gasteiger partial charge in [-0.25, -0.2) is 0 Å². The molecule has 2 aromatic carbocycles. The molecule has 12 heteroatoms. The molecule has 0 saturated carbocycles. The van der Waals surface area contributed by atoms with Crippen molar-refractivity contribution in [3.05, 3.63) is 132 Å². The Kier molecular flexibility index (Phi) is 23.2. The van der Waals surface area contributed by atoms with Crippen molar-refractivity contribution in [2.45, 2.75) is 0 Å². The number of aromatic nitrogens is 2. The Bertz CT molecular complexity index is 1100. The maximum absolute atomic E-state index is 10.1. The number of pyridine rings is 2. The van der Waals surface area contributed by atoms with E-state index in [0.717, 1.165) is 7.11 Å². The van der Waals surface area contributed by atoms with Gasteiger partial charge in [-0.3, -0.25) is 9.97 Å². The van der Waals surface area contributed by atoms with Crippen molar-refractivity contribution in [1.82, 2.24) is 9.97 Å². The number of aromatic carboxylic acids is 2. The van der Waals surface area contributed by atoms with Crippen LogP contribution in [0.5, 0.6) is 0 Å². The fraction of sp³-hybridized carbons (Fsp3) is 0.0370. The molecule has 0 aliphatic heterocycles. The molecule has 0 aliphatic carbocycles. The minimum absolute atomic E-state index is 0. The van der Waals surface area contributed by atoms with Gasteiger partial charge >= 0.3 is 19.5 Å². The molecule has 2 heterocycles. The van der Waals surface area contributed by atoms with Crippen LogP contribution in [0.3, 0.4) is 0 Å². The van der Waals surface area contributed by atoms with Gasteiger partial charge in [0.1, 0.15) is 0 Å². The maximum Gasteiger partial charge on any atom is 2.00 e. The third kappa shape index (κ3) is 19.0. The minimum Gasteiger partial charge on any atom is -0.545 e. The second-order valence-electron chi connectivity index (χ2n) is 6.31. The summed E-state index contributed by atoms with van der Waals surface area (Å²) in [6.07, 6.45) is 5.83. The van der Waals surface area contributed by atoms with Gasteiger partial charge in [-0.2, -0.15) is 0 Å². The van der Waals surface area contributed by atoms with Crippen LogP contribution in [-0.2, 0) is 19.5 Å². The number of carboxylic acid groups (broad SMARTS) is 2. The SMILES string of the molecule is CO.O/N=C/c1ccccn1.O/N=C/c1ccccn1.O=C([O-])c1ccccc1.O=C([O-])c1ccccc1.[Zn+2]. The second kappa shape index (κ2) is 24.9. The number of carbonyl (C=O) groups is 2. The Balaban J connectivity index is 0. The van der Waals surface area contributed by atoms with Crippen LogP contribution in [0.4, 0.5) is 0 Å². The van der Waals surface area contributed by atoms with E-state index in [9.17, 15) is 19.8 Å². The summed E-state index contributed by atoms with van der Waals surface area (Å²) in [6.45, 7) is 0. The van der Waals surface area contributed by atoms with Gasteiger partial charge in [0, 0.05) is 19.5 Å². The van der Waals surface area contributed by atoms with Crippen LogP contribution >= 0.6 is 0 Å². The number of aliphatic hydroxyl groups is 1. The smallest absolute Gasteiger partial charge is 0.545 e. The molecule has 3 N–H and O–H groups in total. The van der Waals surface area contributed by atoms with Crippen LogP contribution in [0.1, 0.15) is 32.1 Å². The van der Waals surface area contributed by atoms with Crippen molar-refractivity contribution in [2.75, 3.05) is 7.11 Å². The first-order valence-electron chi connectivity index (χ1n) is 10.6. The molecule has 4 rings (SSSR count). The quantitative estimate of drug-likeness (QED) is 0.138. The first-order chi connectivity index (χ1) is 18.5. The van der Waals surface area contributed by atoms with Crippen LogP contribution in [-0.4, -0.2) is 57.0 Å². The largest absolute Gasteiger partial charge is 2.00 e. The monoisotopic (exact) mass is 582 g/mol. The van der Waals surface area contributed by atoms with E-state index in [4.69, 9.17) is 15.5 Å². The zero-order valence-electron chi connectivity index (χ0n) is 21.0. The summed E-state index contributed by atoms with van der Waals surface area (Å²) >= 11 is 0. The summed E-state index contributed by atoms with van der Waals surface area (Å²) in [5.74, 6) is -2.26. The molecule has 0 radical (unpaired) electrons. The normalized spacial score (nSPS) is 8.97. The van der Waals surface area contributed by atoms with Crippen LogP contribution in [0.15, 0.2) is 120 Å². The van der Waals surface area contributed by atoms with E-state index in [0.29, 0.717) is 11.4 Å². The van der Waals surface area contributed by atoms with Gasteiger partial charge in [-0.1, -0.05) is 83.1 Å². The molecule has 0 aliphatic rings. The first-order valence-corrected chi connectivity index (χ1v) is 10.6. The number of carboxylic acids is 2. The molecule has 0 bridgehead atoms. The fourth-order valence-electron chi connectivity index (χ4n) is 2.17. The average Bonchev–Trinajstić information content (AvgIpc) is 2.98. The van der Waals surface area contributed by atoms with Gasteiger partial charge in [-0.15, -0.1) is 0 Å². The molecule has 2 aromatic heterocycles. The van der Waals surface area contributed by atoms with Gasteiger partial charge in [-0.05, 0) is 35.4 Å². The van der Waals surface area contributed by atoms with E-state index in [2.05, 4.69) is 20.3 Å². The predicted molar refractivity (Wildman–Crippen MR) is 137 cm³/mol. The van der Waals surface area contributed by atoms with Crippen molar-refractivity contribution in [2.24, 2.45) is 10.3 Å². The van der Waals surface area contributed by atoms with Gasteiger partial charge in [0.25, 0.3) is 0 Å². The van der Waals surface area contributed by atoms with Crippen molar-refractivity contribution < 1.29 is 54.8 Å². The Labute approximate surface area is 238 Å². The standard InChI is InChI=1S/2C7H6O2.2C6H6N2O.CH4O.Zn/c2*8-7(9)6-4-2-1-3-5-6;2*9-8-5-6-3-1-2-4-7-6;1-2;/h2*1-5H,(H,8,9);2*1-5,9H;2H,1H3;/q;;;;;+2/p-2/b;;2*8-5+;;. The van der Waals surface area contributed by atoms with Gasteiger partial charge < -0.3 is 35.3 Å². The molecule has 39 heavy (non-hydrogen) atoms. The number of oxime groups is 2. The maximum atomic E-state index is 10.1. The van der Waals surface area contributed by atoms with E-state index >= 15 is 0 Å². The fourth-order valence-corrected chi connectivity index (χ4v) is 2.17. The average molecular weight is 584 g/mol. The van der Waals surface area contributed by atoms with E-state index in [-0.39, 0.29) is 30.6 Å². The molecular formula is C27H26N4O7Zn. The Hall–Kier alpha value is -4.80. The Morgan fingerprint density at radius 3 is 1.13 bits per heavy atom. The summed E-state index contributed by atoms with van der Waals surface area (Å²) in [5, 5.41) is 48.9. The van der Waals surface area contributed by atoms with Gasteiger partial charge in [0.05, 0.1) is 35.8 Å². The number of benzene rings is 2. The topological polar surface area (TPSA) is 191 Å². The number of nitrogens with zero attached hydrogens (tertiary/aromatic N) is 4. The van der Waals surface area contributed by atoms with Crippen molar-refractivity contribution >= 4 is 24.4 Å². The summed E-state index contributed by atoms with van der Waals surface area (Å²) in [5.41, 5.74) is 1.75. The van der Waals surface area contributed by atoms with E-state index in [1.165, 1.54) is 36.7 Å². The number of rotatable bonds is 4. The van der Waals surface area contributed by atoms with Gasteiger partial charge in [0.15, 0.2) is 0 Å². The minimum atomic E-state index is -1.13. The number of carbonyl (C=O) groups excluding carboxylic acids is 2. The second-order valence-corrected chi connectivity index (χ2v) is 6.31. The van der Waals surface area contributed by atoms with Crippen molar-refractivity contribution in [3.8, 4) is 0 Å². The van der Waals surface area contributed by atoms with Crippen molar-refractivity contribution in [3.63, 3.8) is 0 Å². The van der Waals surface area contributed by atoms with E-state index in [1.54, 1.807) is 73.1 Å². The molecule has 11 nitrogen and oxygen atoms in total. The zero-order valence-corrected chi connectivity index (χ0v) is 24.0. The van der Waals surface area contributed by atoms with Crippen molar-refractivity contribution in [1.29, 1.82) is 0 Å². The van der Waals surface area contributed by atoms with Crippen LogP contribution in [0.2, 0.25) is 0 Å². The predicted octanol–water partition coefficient (Wildman–Crippen LogP) is 1.49. The molecule has 0 fully saturated rings. The Morgan fingerprint density at radius 1 is 0.615 bits per heavy atom. The third-order valence-electron chi connectivity index (χ3n) is 3.77. The molecule has 0 atom stereocenters. The summed E-state index contributed by atoms with van der Waals surface area (Å²) in [4.78, 5) is 27.9. The van der Waals surface area contributed by atoms with Gasteiger partial charge in [0.2, 0.25) is 0 Å². The zero-order chi connectivity index (χ0) is 28.4. The molecule has 0 amide bonds. The summed E-state index contributed by atoms with van der Waals surface area (Å²) < 4.78 is 0. The molecule has 4 aromatic rings. The van der Waals surface area contributed by atoms with Crippen LogP contribution < -0.4 is 10.2 Å². The Morgan fingerprint density at radius 2 is 0.923 bits per heavy atom. The number of hydrogen-bond acceptors (Lipinski definition) is 11. The molecular weight excluding hydrogens is 558 g/mol.